The van der Waals surface area contributed by atoms with Crippen LogP contribution in [0, 0.1) is 5.92 Å². The van der Waals surface area contributed by atoms with Crippen LogP contribution in [-0.4, -0.2) is 19.0 Å². The van der Waals surface area contributed by atoms with Crippen molar-refractivity contribution < 1.29 is 4.79 Å². The molecule has 1 amide bonds. The standard InChI is InChI=1S/C15H13BrN4O/c16-13-5-1-4-12-11(13)3-2-6-14(12)20-9-10(7-15(20)21)8-18-19-17/h1-6,10H,7-9H2. The maximum atomic E-state index is 12.3. The molecule has 0 N–H and O–H groups in total. The number of carbonyl (C=O) groups is 1. The molecular formula is C15H13BrN4O. The van der Waals surface area contributed by atoms with E-state index in [9.17, 15) is 4.79 Å². The van der Waals surface area contributed by atoms with E-state index in [2.05, 4.69) is 26.0 Å². The molecule has 1 heterocycles. The molecule has 6 heteroatoms. The minimum Gasteiger partial charge on any atom is -0.312 e. The summed E-state index contributed by atoms with van der Waals surface area (Å²) >= 11 is 3.54. The van der Waals surface area contributed by atoms with Crippen molar-refractivity contribution in [3.8, 4) is 0 Å². The quantitative estimate of drug-likeness (QED) is 0.465. The maximum absolute atomic E-state index is 12.3. The number of hydrogen-bond donors (Lipinski definition) is 0. The molecule has 2 aromatic carbocycles. The topological polar surface area (TPSA) is 69.1 Å². The summed E-state index contributed by atoms with van der Waals surface area (Å²) in [5, 5.41) is 5.72. The Morgan fingerprint density at radius 2 is 2.05 bits per heavy atom. The molecule has 1 unspecified atom stereocenters. The number of halogens is 1. The zero-order valence-electron chi connectivity index (χ0n) is 11.2. The van der Waals surface area contributed by atoms with Gasteiger partial charge >= 0.3 is 0 Å². The van der Waals surface area contributed by atoms with Crippen LogP contribution in [0.15, 0.2) is 46.0 Å². The summed E-state index contributed by atoms with van der Waals surface area (Å²) < 4.78 is 1.01. The molecule has 106 valence electrons. The van der Waals surface area contributed by atoms with E-state index in [1.807, 2.05) is 36.4 Å². The van der Waals surface area contributed by atoms with Gasteiger partial charge in [0.25, 0.3) is 0 Å². The Labute approximate surface area is 130 Å². The van der Waals surface area contributed by atoms with Crippen LogP contribution in [0.1, 0.15) is 6.42 Å². The van der Waals surface area contributed by atoms with Crippen LogP contribution in [0.2, 0.25) is 0 Å². The van der Waals surface area contributed by atoms with Gasteiger partial charge in [0, 0.05) is 34.3 Å². The van der Waals surface area contributed by atoms with Gasteiger partial charge in [-0.1, -0.05) is 45.3 Å². The predicted octanol–water partition coefficient (Wildman–Crippen LogP) is 4.27. The summed E-state index contributed by atoms with van der Waals surface area (Å²) in [5.41, 5.74) is 9.32. The third-order valence-corrected chi connectivity index (χ3v) is 4.44. The van der Waals surface area contributed by atoms with Gasteiger partial charge in [-0.05, 0) is 29.0 Å². The molecule has 5 nitrogen and oxygen atoms in total. The number of anilines is 1. The first-order valence-corrected chi connectivity index (χ1v) is 7.48. The number of benzene rings is 2. The highest BCUT2D eigenvalue weighted by Crippen LogP contribution is 2.34. The highest BCUT2D eigenvalue weighted by atomic mass is 79.9. The fourth-order valence-corrected chi connectivity index (χ4v) is 3.28. The molecule has 0 aromatic heterocycles. The summed E-state index contributed by atoms with van der Waals surface area (Å²) in [5.74, 6) is 0.177. The maximum Gasteiger partial charge on any atom is 0.227 e. The molecule has 1 atom stereocenters. The van der Waals surface area contributed by atoms with E-state index in [1.165, 1.54) is 0 Å². The molecule has 21 heavy (non-hydrogen) atoms. The first-order chi connectivity index (χ1) is 10.2. The molecule has 0 spiro atoms. The van der Waals surface area contributed by atoms with Crippen molar-refractivity contribution in [3.05, 3.63) is 51.3 Å². The van der Waals surface area contributed by atoms with Gasteiger partial charge in [-0.2, -0.15) is 0 Å². The molecular weight excluding hydrogens is 332 g/mol. The average molecular weight is 345 g/mol. The van der Waals surface area contributed by atoms with Crippen LogP contribution in [0.4, 0.5) is 5.69 Å². The van der Waals surface area contributed by atoms with Crippen molar-refractivity contribution in [2.45, 2.75) is 6.42 Å². The Morgan fingerprint density at radius 1 is 1.29 bits per heavy atom. The van der Waals surface area contributed by atoms with Crippen molar-refractivity contribution in [2.75, 3.05) is 18.0 Å². The largest absolute Gasteiger partial charge is 0.312 e. The number of carbonyl (C=O) groups excluding carboxylic acids is 1. The van der Waals surface area contributed by atoms with Crippen LogP contribution in [0.5, 0.6) is 0 Å². The number of fused-ring (bicyclic) bond motifs is 1. The molecule has 3 rings (SSSR count). The van der Waals surface area contributed by atoms with Crippen LogP contribution in [-0.2, 0) is 4.79 Å². The Hall–Kier alpha value is -2.04. The van der Waals surface area contributed by atoms with Gasteiger partial charge in [0.05, 0.1) is 5.69 Å². The van der Waals surface area contributed by atoms with Crippen LogP contribution in [0.25, 0.3) is 21.2 Å². The van der Waals surface area contributed by atoms with Crippen molar-refractivity contribution in [1.82, 2.24) is 0 Å². The lowest BCUT2D eigenvalue weighted by atomic mass is 10.1. The van der Waals surface area contributed by atoms with E-state index in [1.54, 1.807) is 4.90 Å². The number of rotatable bonds is 3. The minimum atomic E-state index is 0.0839. The van der Waals surface area contributed by atoms with Gasteiger partial charge in [-0.25, -0.2) is 0 Å². The van der Waals surface area contributed by atoms with Gasteiger partial charge in [0.2, 0.25) is 5.91 Å². The lowest BCUT2D eigenvalue weighted by Crippen LogP contribution is -2.25. The molecule has 2 aromatic rings. The van der Waals surface area contributed by atoms with Crippen LogP contribution < -0.4 is 4.90 Å². The summed E-state index contributed by atoms with van der Waals surface area (Å²) in [6.07, 6.45) is 0.434. The Balaban J connectivity index is 1.99. The second-order valence-electron chi connectivity index (χ2n) is 5.10. The third kappa shape index (κ3) is 2.60. The summed E-state index contributed by atoms with van der Waals surface area (Å²) in [7, 11) is 0. The van der Waals surface area contributed by atoms with Gasteiger partial charge in [-0.3, -0.25) is 4.79 Å². The lowest BCUT2D eigenvalue weighted by molar-refractivity contribution is -0.117. The number of amides is 1. The van der Waals surface area contributed by atoms with E-state index in [4.69, 9.17) is 5.53 Å². The Morgan fingerprint density at radius 3 is 2.86 bits per heavy atom. The fourth-order valence-electron chi connectivity index (χ4n) is 2.78. The predicted molar refractivity (Wildman–Crippen MR) is 86.1 cm³/mol. The highest BCUT2D eigenvalue weighted by molar-refractivity contribution is 9.10. The summed E-state index contributed by atoms with van der Waals surface area (Å²) in [6, 6.07) is 11.9. The molecule has 0 radical (unpaired) electrons. The monoisotopic (exact) mass is 344 g/mol. The van der Waals surface area contributed by atoms with E-state index in [-0.39, 0.29) is 11.8 Å². The average Bonchev–Trinajstić information content (AvgIpc) is 2.86. The zero-order valence-corrected chi connectivity index (χ0v) is 12.8. The smallest absolute Gasteiger partial charge is 0.227 e. The molecule has 0 saturated carbocycles. The van der Waals surface area contributed by atoms with Crippen LogP contribution in [0.3, 0.4) is 0 Å². The highest BCUT2D eigenvalue weighted by Gasteiger charge is 2.30. The normalized spacial score (nSPS) is 18.0. The molecule has 1 aliphatic heterocycles. The SMILES string of the molecule is [N-]=[N+]=NCC1CC(=O)N(c2cccc3c(Br)cccc23)C1. The second kappa shape index (κ2) is 5.76. The van der Waals surface area contributed by atoms with Gasteiger partial charge < -0.3 is 4.90 Å². The number of nitrogens with zero attached hydrogens (tertiary/aromatic N) is 4. The molecule has 1 fully saturated rings. The Kier molecular flexibility index (Phi) is 3.82. The lowest BCUT2D eigenvalue weighted by Gasteiger charge is -2.19. The van der Waals surface area contributed by atoms with E-state index < -0.39 is 0 Å². The van der Waals surface area contributed by atoms with E-state index in [0.717, 1.165) is 20.9 Å². The second-order valence-corrected chi connectivity index (χ2v) is 5.95. The first kappa shape index (κ1) is 13.9. The van der Waals surface area contributed by atoms with Crippen molar-refractivity contribution in [1.29, 1.82) is 0 Å². The Bertz CT molecular complexity index is 754. The number of hydrogen-bond acceptors (Lipinski definition) is 2. The summed E-state index contributed by atoms with van der Waals surface area (Å²) in [4.78, 5) is 16.8. The summed E-state index contributed by atoms with van der Waals surface area (Å²) in [6.45, 7) is 0.969. The van der Waals surface area contributed by atoms with Gasteiger partial charge in [-0.15, -0.1) is 0 Å². The minimum absolute atomic E-state index is 0.0839. The van der Waals surface area contributed by atoms with E-state index >= 15 is 0 Å². The first-order valence-electron chi connectivity index (χ1n) is 6.69. The van der Waals surface area contributed by atoms with Crippen LogP contribution >= 0.6 is 15.9 Å². The van der Waals surface area contributed by atoms with Crippen molar-refractivity contribution >= 4 is 38.3 Å². The molecule has 1 saturated heterocycles. The molecule has 1 aliphatic rings. The van der Waals surface area contributed by atoms with Gasteiger partial charge in [0.1, 0.15) is 0 Å². The molecule has 0 bridgehead atoms. The van der Waals surface area contributed by atoms with Gasteiger partial charge in [0.15, 0.2) is 0 Å². The zero-order chi connectivity index (χ0) is 14.8. The fraction of sp³-hybridized carbons (Fsp3) is 0.267. The van der Waals surface area contributed by atoms with Crippen molar-refractivity contribution in [3.63, 3.8) is 0 Å². The third-order valence-electron chi connectivity index (χ3n) is 3.74. The van der Waals surface area contributed by atoms with Crippen molar-refractivity contribution in [2.24, 2.45) is 11.0 Å². The number of azide groups is 1. The van der Waals surface area contributed by atoms with E-state index in [0.29, 0.717) is 19.5 Å². The molecule has 0 aliphatic carbocycles.